The van der Waals surface area contributed by atoms with E-state index in [0.29, 0.717) is 31.3 Å². The molecule has 0 aromatic carbocycles. The molecule has 0 aromatic heterocycles. The number of aliphatic hydroxyl groups is 13. The molecule has 27 heteroatoms. The third kappa shape index (κ3) is 11.1. The number of hydrogen-bond donors (Lipinski definition) is 14. The largest absolute Gasteiger partial charge is 0.397 e. The maximum absolute atomic E-state index is 12.2. The molecule has 9 rings (SSSR count). The van der Waals surface area contributed by atoms with E-state index in [-0.39, 0.29) is 73.4 Å². The van der Waals surface area contributed by atoms with Crippen LogP contribution in [0.1, 0.15) is 79.1 Å². The number of rotatable bonds is 16. The Morgan fingerprint density at radius 3 is 2.00 bits per heavy atom. The van der Waals surface area contributed by atoms with Crippen LogP contribution in [0.15, 0.2) is 23.8 Å². The van der Waals surface area contributed by atoms with E-state index in [4.69, 9.17) is 46.8 Å². The lowest BCUT2D eigenvalue weighted by molar-refractivity contribution is -0.363. The van der Waals surface area contributed by atoms with E-state index < -0.39 is 170 Å². The van der Waals surface area contributed by atoms with Crippen LogP contribution in [0.4, 0.5) is 0 Å². The van der Waals surface area contributed by atoms with Gasteiger partial charge in [-0.3, -0.25) is 4.55 Å². The number of fused-ring (bicyclic) bond motifs is 7. The van der Waals surface area contributed by atoms with Crippen LogP contribution >= 0.6 is 0 Å². The molecule has 0 spiro atoms. The molecule has 0 radical (unpaired) electrons. The van der Waals surface area contributed by atoms with E-state index in [9.17, 15) is 79.4 Å². The standard InChI is InChI=1S/C50H80O26S/c1-19(17-67-44-40(60)38(58)34(54)28(15-51)71-44)8-11-50(63)20(2)32-27(75-50)14-26-24-7-6-22-12-23(70-46-42(62)39(59)35(55)29(16-52)72-46)13-31(49(22,5)25(24)9-10-48(26,32)4)73-47-43(36(56)30(18-68-47)76-77(64,65)66)74-45-41(61)37(57)33(53)21(3)69-45/h6,20-21,23-47,51-63H,1,7-18H2,2-5H3,(H,64,65,66). The summed E-state index contributed by atoms with van der Waals surface area (Å²) < 4.78 is 93.1. The summed E-state index contributed by atoms with van der Waals surface area (Å²) in [6, 6.07) is 0. The molecular formula is C50H80O26S. The van der Waals surface area contributed by atoms with Crippen LogP contribution in [0.25, 0.3) is 0 Å². The Hall–Kier alpha value is -1.53. The summed E-state index contributed by atoms with van der Waals surface area (Å²) in [7, 11) is -5.17. The Morgan fingerprint density at radius 2 is 1.36 bits per heavy atom. The van der Waals surface area contributed by atoms with Gasteiger partial charge in [0.05, 0.1) is 50.8 Å². The van der Waals surface area contributed by atoms with E-state index in [2.05, 4.69) is 26.5 Å². The van der Waals surface area contributed by atoms with Crippen molar-refractivity contribution in [1.82, 2.24) is 0 Å². The lowest BCUT2D eigenvalue weighted by Gasteiger charge is -2.61. The first-order valence-corrected chi connectivity index (χ1v) is 28.1. The second-order valence-corrected chi connectivity index (χ2v) is 24.6. The predicted molar refractivity (Wildman–Crippen MR) is 256 cm³/mol. The highest BCUT2D eigenvalue weighted by Gasteiger charge is 2.69. The highest BCUT2D eigenvalue weighted by molar-refractivity contribution is 7.80. The summed E-state index contributed by atoms with van der Waals surface area (Å²) in [6.07, 6.45) is -26.7. The van der Waals surface area contributed by atoms with E-state index in [1.165, 1.54) is 6.92 Å². The zero-order valence-corrected chi connectivity index (χ0v) is 44.2. The highest BCUT2D eigenvalue weighted by atomic mass is 32.3. The Kier molecular flexibility index (Phi) is 17.9. The fourth-order valence-electron chi connectivity index (χ4n) is 14.8. The number of allylic oxidation sites excluding steroid dienone is 1. The van der Waals surface area contributed by atoms with Crippen LogP contribution in [-0.2, 0) is 57.2 Å². The molecule has 4 aliphatic carbocycles. The summed E-state index contributed by atoms with van der Waals surface area (Å²) in [6.45, 7) is 9.72. The molecule has 442 valence electrons. The van der Waals surface area contributed by atoms with Gasteiger partial charge < -0.3 is 109 Å². The van der Waals surface area contributed by atoms with Gasteiger partial charge in [-0.15, -0.1) is 0 Å². The Bertz CT molecular complexity index is 2210. The Labute approximate surface area is 445 Å². The highest BCUT2D eigenvalue weighted by Crippen LogP contribution is 2.70. The van der Waals surface area contributed by atoms with Crippen molar-refractivity contribution in [2.45, 2.75) is 220 Å². The summed E-state index contributed by atoms with van der Waals surface area (Å²) in [5, 5.41) is 139. The van der Waals surface area contributed by atoms with Crippen LogP contribution in [0.3, 0.4) is 0 Å². The van der Waals surface area contributed by atoms with Gasteiger partial charge in [-0.25, -0.2) is 4.18 Å². The van der Waals surface area contributed by atoms with E-state index in [0.717, 1.165) is 5.57 Å². The Morgan fingerprint density at radius 1 is 0.753 bits per heavy atom. The number of ether oxygens (including phenoxy) is 9. The van der Waals surface area contributed by atoms with Crippen LogP contribution in [0, 0.1) is 40.4 Å². The average molecular weight is 1130 g/mol. The van der Waals surface area contributed by atoms with Gasteiger partial charge in [0.15, 0.2) is 30.9 Å². The van der Waals surface area contributed by atoms with Crippen molar-refractivity contribution in [1.29, 1.82) is 0 Å². The fraction of sp³-hybridized carbons (Fsp3) is 0.920. The summed E-state index contributed by atoms with van der Waals surface area (Å²) >= 11 is 0. The molecule has 30 atom stereocenters. The smallest absolute Gasteiger partial charge is 0.394 e. The minimum Gasteiger partial charge on any atom is -0.394 e. The number of aliphatic hydroxyl groups excluding tert-OH is 12. The minimum atomic E-state index is -5.17. The van der Waals surface area contributed by atoms with Crippen molar-refractivity contribution >= 4 is 10.4 Å². The molecular weight excluding hydrogens is 1050 g/mol. The molecule has 14 N–H and O–H groups in total. The number of hydrogen-bond acceptors (Lipinski definition) is 25. The van der Waals surface area contributed by atoms with Gasteiger partial charge in [0.25, 0.3) is 0 Å². The van der Waals surface area contributed by atoms with Crippen LogP contribution in [0.5, 0.6) is 0 Å². The van der Waals surface area contributed by atoms with Gasteiger partial charge in [0, 0.05) is 24.2 Å². The van der Waals surface area contributed by atoms with Crippen molar-refractivity contribution < 1.29 is 126 Å². The topological polar surface area (TPSA) is 410 Å². The van der Waals surface area contributed by atoms with Gasteiger partial charge in [0.1, 0.15) is 85.5 Å². The SMILES string of the molecule is C=C(CCC1(O)OC2CC3C4CC=C5CC(OC6OC(CO)C(O)C(O)C6O)CC(OC6OCC(OS(=O)(=O)O)C(O)C6OC6OC(C)C(O)C(O)C6O)C5(C)C4CCC3(C)C2C1C)COC1OC(CO)C(O)C(O)C1O. The second-order valence-electron chi connectivity index (χ2n) is 23.5. The molecule has 0 bridgehead atoms. The lowest BCUT2D eigenvalue weighted by atomic mass is 9.46. The van der Waals surface area contributed by atoms with Crippen LogP contribution in [-0.4, -0.2) is 247 Å². The third-order valence-electron chi connectivity index (χ3n) is 19.2. The molecule has 0 aromatic rings. The van der Waals surface area contributed by atoms with Gasteiger partial charge in [-0.1, -0.05) is 44.6 Å². The molecule has 30 unspecified atom stereocenters. The summed E-state index contributed by atoms with van der Waals surface area (Å²) in [5.41, 5.74) is 0.285. The predicted octanol–water partition coefficient (Wildman–Crippen LogP) is -3.65. The quantitative estimate of drug-likeness (QED) is 0.0523. The minimum absolute atomic E-state index is 0.0306. The first-order chi connectivity index (χ1) is 36.1. The molecule has 5 aliphatic heterocycles. The zero-order valence-electron chi connectivity index (χ0n) is 43.4. The zero-order chi connectivity index (χ0) is 56.0. The van der Waals surface area contributed by atoms with Crippen molar-refractivity contribution in [3.8, 4) is 0 Å². The van der Waals surface area contributed by atoms with Gasteiger partial charge in [-0.2, -0.15) is 8.42 Å². The third-order valence-corrected chi connectivity index (χ3v) is 19.7. The molecule has 9 aliphatic rings. The molecule has 26 nitrogen and oxygen atoms in total. The average Bonchev–Trinajstić information content (AvgIpc) is 3.84. The molecule has 0 amide bonds. The van der Waals surface area contributed by atoms with E-state index in [1.54, 1.807) is 0 Å². The van der Waals surface area contributed by atoms with Crippen LogP contribution < -0.4 is 0 Å². The first-order valence-electron chi connectivity index (χ1n) is 26.8. The first kappa shape index (κ1) is 60.1. The molecule has 3 saturated carbocycles. The van der Waals surface area contributed by atoms with Gasteiger partial charge >= 0.3 is 10.4 Å². The van der Waals surface area contributed by atoms with Crippen LogP contribution in [0.2, 0.25) is 0 Å². The fourth-order valence-corrected chi connectivity index (χ4v) is 15.3. The van der Waals surface area contributed by atoms with Crippen molar-refractivity contribution in [3.63, 3.8) is 0 Å². The van der Waals surface area contributed by atoms with E-state index >= 15 is 0 Å². The van der Waals surface area contributed by atoms with E-state index in [1.807, 2.05) is 6.92 Å². The molecule has 8 fully saturated rings. The summed E-state index contributed by atoms with van der Waals surface area (Å²) in [5.74, 6) is -1.89. The monoisotopic (exact) mass is 1130 g/mol. The molecule has 5 heterocycles. The molecule has 5 saturated heterocycles. The molecule has 77 heavy (non-hydrogen) atoms. The van der Waals surface area contributed by atoms with Crippen molar-refractivity contribution in [3.05, 3.63) is 23.8 Å². The lowest BCUT2D eigenvalue weighted by Crippen LogP contribution is -2.64. The Balaban J connectivity index is 0.951. The van der Waals surface area contributed by atoms with Gasteiger partial charge in [0.2, 0.25) is 0 Å². The van der Waals surface area contributed by atoms with Crippen molar-refractivity contribution in [2.24, 2.45) is 40.4 Å². The summed E-state index contributed by atoms with van der Waals surface area (Å²) in [4.78, 5) is 0. The van der Waals surface area contributed by atoms with Crippen molar-refractivity contribution in [2.75, 3.05) is 26.4 Å². The normalized spacial score (nSPS) is 53.0. The second kappa shape index (κ2) is 22.9. The van der Waals surface area contributed by atoms with Gasteiger partial charge in [-0.05, 0) is 74.5 Å². The maximum atomic E-state index is 12.2. The maximum Gasteiger partial charge on any atom is 0.397 e.